The van der Waals surface area contributed by atoms with E-state index in [1.54, 1.807) is 11.0 Å². The predicted octanol–water partition coefficient (Wildman–Crippen LogP) is 4.68. The Kier molecular flexibility index (Phi) is 7.40. The average molecular weight is 627 g/mol. The van der Waals surface area contributed by atoms with Crippen molar-refractivity contribution in [3.63, 3.8) is 0 Å². The maximum Gasteiger partial charge on any atom is 0.340 e. The fourth-order valence-electron chi connectivity index (χ4n) is 7.31. The number of carbonyl (C=O) groups is 1. The number of benzene rings is 2. The van der Waals surface area contributed by atoms with Crippen molar-refractivity contribution in [1.82, 2.24) is 9.47 Å². The van der Waals surface area contributed by atoms with E-state index in [0.29, 0.717) is 60.5 Å². The monoisotopic (exact) mass is 626 g/mol. The second-order valence-corrected chi connectivity index (χ2v) is 13.3. The first-order valence-electron chi connectivity index (χ1n) is 15.6. The predicted molar refractivity (Wildman–Crippen MR) is 171 cm³/mol. The van der Waals surface area contributed by atoms with Gasteiger partial charge < -0.3 is 33.8 Å². The number of nitrogens with zero attached hydrogens (tertiary/aromatic N) is 3. The summed E-state index contributed by atoms with van der Waals surface area (Å²) < 4.78 is 20.2. The first-order chi connectivity index (χ1) is 22.0. The van der Waals surface area contributed by atoms with Gasteiger partial charge in [0, 0.05) is 54.9 Å². The number of amides is 1. The van der Waals surface area contributed by atoms with Crippen molar-refractivity contribution in [2.45, 2.75) is 64.5 Å². The SMILES string of the molecule is Cc1c(Cc2ccccc2)c(=O)oc2c3c(cc(OCC(=O)N4C[C@@H]5C[C@H](C4)c4ccc(N([O-])O)c(=O)n4C5)c12)OC(C)(C)CC3. The lowest BCUT2D eigenvalue weighted by molar-refractivity contribution is -0.136. The number of fused-ring (bicyclic) bond motifs is 7. The lowest BCUT2D eigenvalue weighted by Gasteiger charge is -2.43. The van der Waals surface area contributed by atoms with E-state index in [2.05, 4.69) is 0 Å². The van der Waals surface area contributed by atoms with Gasteiger partial charge >= 0.3 is 5.63 Å². The Morgan fingerprint density at radius 2 is 1.91 bits per heavy atom. The number of aryl methyl sites for hydroxylation is 2. The summed E-state index contributed by atoms with van der Waals surface area (Å²) in [6, 6.07) is 14.5. The second-order valence-electron chi connectivity index (χ2n) is 13.3. The lowest BCUT2D eigenvalue weighted by Crippen LogP contribution is -2.50. The van der Waals surface area contributed by atoms with Crippen LogP contribution in [0.1, 0.15) is 60.6 Å². The summed E-state index contributed by atoms with van der Waals surface area (Å²) in [7, 11) is 0. The van der Waals surface area contributed by atoms with Crippen LogP contribution < -0.4 is 25.9 Å². The van der Waals surface area contributed by atoms with Gasteiger partial charge in [-0.2, -0.15) is 0 Å². The minimum absolute atomic E-state index is 0.0132. The number of pyridine rings is 1. The van der Waals surface area contributed by atoms with Crippen molar-refractivity contribution in [2.75, 3.05) is 24.9 Å². The molecule has 11 nitrogen and oxygen atoms in total. The highest BCUT2D eigenvalue weighted by Gasteiger charge is 2.37. The average Bonchev–Trinajstić information content (AvgIpc) is 3.01. The number of aromatic nitrogens is 1. The summed E-state index contributed by atoms with van der Waals surface area (Å²) in [5, 5.41) is 21.0. The highest BCUT2D eigenvalue weighted by atomic mass is 16.8. The maximum absolute atomic E-state index is 13.6. The Labute approximate surface area is 265 Å². The summed E-state index contributed by atoms with van der Waals surface area (Å²) in [6.07, 6.45) is 2.64. The van der Waals surface area contributed by atoms with E-state index in [0.717, 1.165) is 35.2 Å². The van der Waals surface area contributed by atoms with Gasteiger partial charge in [0.25, 0.3) is 11.5 Å². The summed E-state index contributed by atoms with van der Waals surface area (Å²) in [5.41, 5.74) is 2.58. The van der Waals surface area contributed by atoms with Crippen LogP contribution in [0.2, 0.25) is 0 Å². The van der Waals surface area contributed by atoms with Gasteiger partial charge in [-0.15, -0.1) is 0 Å². The molecule has 11 heteroatoms. The van der Waals surface area contributed by atoms with Crippen LogP contribution in [-0.2, 0) is 24.2 Å². The van der Waals surface area contributed by atoms with E-state index in [1.807, 2.05) is 57.2 Å². The minimum Gasteiger partial charge on any atom is -0.733 e. The molecule has 1 saturated heterocycles. The molecule has 0 radical (unpaired) electrons. The fraction of sp³-hybridized carbons (Fsp3) is 0.400. The molecule has 7 rings (SSSR count). The Morgan fingerprint density at radius 1 is 1.13 bits per heavy atom. The van der Waals surface area contributed by atoms with Crippen molar-refractivity contribution < 1.29 is 23.9 Å². The standard InChI is InChI=1S/C35H36N3O8/c1-20-25(14-21-7-5-4-6-8-21)34(41)45-32-24-11-12-35(2,3)46-28(24)15-29(31(20)32)44-19-30(39)36-16-22-13-23(18-36)26-9-10-27(38(42)43)33(40)37(26)17-22/h4-10,15,22-23,42H,11-14,16-19H2,1-3H3/q-1/t22-,23+/m0/s1. The third kappa shape index (κ3) is 5.33. The number of ether oxygens (including phenoxy) is 2. The van der Waals surface area contributed by atoms with Gasteiger partial charge in [0.05, 0.1) is 5.39 Å². The summed E-state index contributed by atoms with van der Waals surface area (Å²) in [4.78, 5) is 41.6. The van der Waals surface area contributed by atoms with Gasteiger partial charge in [0.2, 0.25) is 0 Å². The van der Waals surface area contributed by atoms with E-state index in [-0.39, 0.29) is 30.0 Å². The maximum atomic E-state index is 13.6. The zero-order valence-corrected chi connectivity index (χ0v) is 26.1. The zero-order chi connectivity index (χ0) is 32.3. The molecule has 1 amide bonds. The van der Waals surface area contributed by atoms with Crippen molar-refractivity contribution in [1.29, 1.82) is 0 Å². The summed E-state index contributed by atoms with van der Waals surface area (Å²) >= 11 is 0. The topological polar surface area (TPSA) is 138 Å². The van der Waals surface area contributed by atoms with Crippen LogP contribution in [-0.4, -0.2) is 45.9 Å². The molecule has 2 aromatic heterocycles. The van der Waals surface area contributed by atoms with Gasteiger partial charge in [0.15, 0.2) is 6.61 Å². The van der Waals surface area contributed by atoms with Gasteiger partial charge in [-0.05, 0) is 69.2 Å². The van der Waals surface area contributed by atoms with Gasteiger partial charge in [0.1, 0.15) is 28.4 Å². The molecule has 2 aromatic carbocycles. The van der Waals surface area contributed by atoms with Crippen molar-refractivity contribution in [3.8, 4) is 11.5 Å². The van der Waals surface area contributed by atoms with Crippen molar-refractivity contribution >= 4 is 22.6 Å². The largest absolute Gasteiger partial charge is 0.733 e. The quantitative estimate of drug-likeness (QED) is 0.239. The van der Waals surface area contributed by atoms with Crippen LogP contribution in [0.5, 0.6) is 11.5 Å². The normalized spacial score (nSPS) is 19.6. The molecule has 46 heavy (non-hydrogen) atoms. The number of hydrogen-bond acceptors (Lipinski definition) is 9. The van der Waals surface area contributed by atoms with Crippen LogP contribution in [0.15, 0.2) is 62.5 Å². The Bertz CT molecular complexity index is 1960. The number of hydrogen-bond donors (Lipinski definition) is 1. The highest BCUT2D eigenvalue weighted by molar-refractivity contribution is 5.92. The summed E-state index contributed by atoms with van der Waals surface area (Å²) in [5.74, 6) is 0.726. The Hall–Kier alpha value is -4.61. The number of likely N-dealkylation sites (tertiary alicyclic amines) is 1. The van der Waals surface area contributed by atoms with E-state index in [1.165, 1.54) is 10.6 Å². The first kappa shape index (κ1) is 30.1. The Balaban J connectivity index is 1.19. The van der Waals surface area contributed by atoms with Crippen LogP contribution in [0.25, 0.3) is 11.0 Å². The number of anilines is 1. The van der Waals surface area contributed by atoms with Crippen molar-refractivity contribution in [2.24, 2.45) is 5.92 Å². The molecule has 5 heterocycles. The molecule has 2 atom stereocenters. The molecule has 3 aliphatic heterocycles. The molecule has 0 saturated carbocycles. The number of rotatable bonds is 6. The van der Waals surface area contributed by atoms with Crippen molar-refractivity contribution in [3.05, 3.63) is 102 Å². The van der Waals surface area contributed by atoms with E-state index < -0.39 is 22.0 Å². The van der Waals surface area contributed by atoms with Crippen LogP contribution in [0, 0.1) is 18.0 Å². The molecule has 0 spiro atoms. The third-order valence-corrected chi connectivity index (χ3v) is 9.66. The van der Waals surface area contributed by atoms with Gasteiger partial charge in [-0.1, -0.05) is 30.3 Å². The summed E-state index contributed by atoms with van der Waals surface area (Å²) in [6.45, 7) is 6.87. The lowest BCUT2D eigenvalue weighted by atomic mass is 9.83. The van der Waals surface area contributed by atoms with Gasteiger partial charge in [-0.3, -0.25) is 14.8 Å². The number of piperidine rings is 1. The molecule has 1 N–H and O–H groups in total. The fourth-order valence-corrected chi connectivity index (χ4v) is 7.31. The molecule has 1 fully saturated rings. The highest BCUT2D eigenvalue weighted by Crippen LogP contribution is 2.43. The molecule has 3 aliphatic rings. The van der Waals surface area contributed by atoms with E-state index in [9.17, 15) is 24.8 Å². The molecular weight excluding hydrogens is 590 g/mol. The third-order valence-electron chi connectivity index (χ3n) is 9.66. The van der Waals surface area contributed by atoms with E-state index in [4.69, 9.17) is 13.9 Å². The molecule has 2 bridgehead atoms. The van der Waals surface area contributed by atoms with Crippen LogP contribution in [0.3, 0.4) is 0 Å². The second kappa shape index (κ2) is 11.3. The van der Waals surface area contributed by atoms with Gasteiger partial charge in [-0.25, -0.2) is 4.79 Å². The molecular formula is C35H36N3O8-. The zero-order valence-electron chi connectivity index (χ0n) is 26.1. The smallest absolute Gasteiger partial charge is 0.340 e. The molecule has 240 valence electrons. The molecule has 0 aliphatic carbocycles. The van der Waals surface area contributed by atoms with E-state index >= 15 is 0 Å². The number of carbonyl (C=O) groups excluding carboxylic acids is 1. The molecule has 4 aromatic rings. The molecule has 0 unspecified atom stereocenters. The minimum atomic E-state index is -0.536. The van der Waals surface area contributed by atoms with Crippen LogP contribution >= 0.6 is 0 Å². The van der Waals surface area contributed by atoms with Crippen LogP contribution in [0.4, 0.5) is 5.69 Å². The first-order valence-corrected chi connectivity index (χ1v) is 15.6. The Morgan fingerprint density at radius 3 is 2.67 bits per heavy atom.